The predicted octanol–water partition coefficient (Wildman–Crippen LogP) is 4.40. The third-order valence-corrected chi connectivity index (χ3v) is 2.83. The van der Waals surface area contributed by atoms with Crippen molar-refractivity contribution in [3.8, 4) is 11.5 Å². The van der Waals surface area contributed by atoms with Crippen LogP contribution in [0.25, 0.3) is 0 Å². The second-order valence-corrected chi connectivity index (χ2v) is 4.06. The van der Waals surface area contributed by atoms with E-state index < -0.39 is 28.0 Å². The molecule has 2 aromatic rings. The zero-order valence-corrected chi connectivity index (χ0v) is 10.7. The van der Waals surface area contributed by atoms with Crippen LogP contribution in [0.15, 0.2) is 36.4 Å². The van der Waals surface area contributed by atoms with E-state index >= 15 is 0 Å². The minimum Gasteiger partial charge on any atom is -0.447 e. The molecule has 0 saturated carbocycles. The molecule has 0 radical (unpaired) electrons. The van der Waals surface area contributed by atoms with Gasteiger partial charge in [0.1, 0.15) is 11.6 Å². The molecular weight excluding hydrogens is 292 g/mol. The molecule has 0 aliphatic heterocycles. The van der Waals surface area contributed by atoms with Crippen LogP contribution >= 0.6 is 11.6 Å². The Morgan fingerprint density at radius 1 is 1.15 bits per heavy atom. The zero-order valence-electron chi connectivity index (χ0n) is 9.98. The number of nitro benzene ring substituents is 1. The van der Waals surface area contributed by atoms with E-state index in [0.717, 1.165) is 12.1 Å². The summed E-state index contributed by atoms with van der Waals surface area (Å²) in [6, 6.07) is 7.17. The SMILES string of the molecule is O=[N+]([O-])c1cccc(F)c1Oc1cccc(F)c1CCl. The Kier molecular flexibility index (Phi) is 4.14. The third kappa shape index (κ3) is 2.70. The summed E-state index contributed by atoms with van der Waals surface area (Å²) < 4.78 is 32.4. The van der Waals surface area contributed by atoms with Crippen molar-refractivity contribution in [3.05, 3.63) is 63.7 Å². The normalized spacial score (nSPS) is 10.3. The Morgan fingerprint density at radius 2 is 1.80 bits per heavy atom. The highest BCUT2D eigenvalue weighted by Gasteiger charge is 2.21. The fraction of sp³-hybridized carbons (Fsp3) is 0.0769. The molecule has 0 amide bonds. The lowest BCUT2D eigenvalue weighted by molar-refractivity contribution is -0.385. The van der Waals surface area contributed by atoms with Crippen molar-refractivity contribution in [1.29, 1.82) is 0 Å². The first-order valence-corrected chi connectivity index (χ1v) is 6.02. The number of hydrogen-bond acceptors (Lipinski definition) is 3. The average Bonchev–Trinajstić information content (AvgIpc) is 2.41. The fourth-order valence-electron chi connectivity index (χ4n) is 1.62. The maximum atomic E-state index is 13.7. The number of rotatable bonds is 4. The van der Waals surface area contributed by atoms with E-state index in [1.807, 2.05) is 0 Å². The topological polar surface area (TPSA) is 52.4 Å². The molecule has 0 aliphatic carbocycles. The number of para-hydroxylation sites is 1. The van der Waals surface area contributed by atoms with Gasteiger partial charge in [0.25, 0.3) is 0 Å². The first kappa shape index (κ1) is 14.2. The number of alkyl halides is 1. The summed E-state index contributed by atoms with van der Waals surface area (Å²) in [6.45, 7) is 0. The van der Waals surface area contributed by atoms with Crippen molar-refractivity contribution in [3.63, 3.8) is 0 Å². The standard InChI is InChI=1S/C13H8ClF2NO3/c14-7-8-9(15)3-2-6-12(8)20-13-10(16)4-1-5-11(13)17(18)19/h1-6H,7H2. The van der Waals surface area contributed by atoms with Crippen LogP contribution in [-0.2, 0) is 5.88 Å². The van der Waals surface area contributed by atoms with Crippen LogP contribution in [0.4, 0.5) is 14.5 Å². The van der Waals surface area contributed by atoms with E-state index in [1.165, 1.54) is 24.3 Å². The lowest BCUT2D eigenvalue weighted by Gasteiger charge is -2.10. The first-order chi connectivity index (χ1) is 9.54. The molecule has 7 heteroatoms. The van der Waals surface area contributed by atoms with Crippen molar-refractivity contribution in [1.82, 2.24) is 0 Å². The van der Waals surface area contributed by atoms with Gasteiger partial charge in [0.05, 0.1) is 10.8 Å². The summed E-state index contributed by atoms with van der Waals surface area (Å²) in [5.41, 5.74) is -0.540. The molecule has 0 N–H and O–H groups in total. The van der Waals surface area contributed by atoms with Crippen molar-refractivity contribution in [2.45, 2.75) is 5.88 Å². The maximum absolute atomic E-state index is 13.7. The van der Waals surface area contributed by atoms with E-state index in [4.69, 9.17) is 16.3 Å². The Balaban J connectivity index is 2.50. The highest BCUT2D eigenvalue weighted by molar-refractivity contribution is 6.17. The summed E-state index contributed by atoms with van der Waals surface area (Å²) in [5, 5.41) is 10.8. The van der Waals surface area contributed by atoms with Gasteiger partial charge in [-0.05, 0) is 18.2 Å². The summed E-state index contributed by atoms with van der Waals surface area (Å²) in [4.78, 5) is 10.1. The number of benzene rings is 2. The highest BCUT2D eigenvalue weighted by atomic mass is 35.5. The van der Waals surface area contributed by atoms with Gasteiger partial charge in [0.2, 0.25) is 5.75 Å². The van der Waals surface area contributed by atoms with Crippen LogP contribution in [-0.4, -0.2) is 4.92 Å². The van der Waals surface area contributed by atoms with Crippen LogP contribution in [0.2, 0.25) is 0 Å². The van der Waals surface area contributed by atoms with Crippen molar-refractivity contribution in [2.75, 3.05) is 0 Å². The van der Waals surface area contributed by atoms with E-state index in [2.05, 4.69) is 0 Å². The van der Waals surface area contributed by atoms with Crippen LogP contribution in [0.5, 0.6) is 11.5 Å². The van der Waals surface area contributed by atoms with Crippen molar-refractivity contribution >= 4 is 17.3 Å². The van der Waals surface area contributed by atoms with Crippen molar-refractivity contribution < 1.29 is 18.4 Å². The number of hydrogen-bond donors (Lipinski definition) is 0. The van der Waals surface area contributed by atoms with Crippen LogP contribution in [0, 0.1) is 21.7 Å². The largest absolute Gasteiger partial charge is 0.447 e. The average molecular weight is 300 g/mol. The number of nitrogens with zero attached hydrogens (tertiary/aromatic N) is 1. The van der Waals surface area contributed by atoms with Gasteiger partial charge in [-0.3, -0.25) is 10.1 Å². The molecule has 4 nitrogen and oxygen atoms in total. The Labute approximate surface area is 117 Å². The summed E-state index contributed by atoms with van der Waals surface area (Å²) in [7, 11) is 0. The molecule has 0 fully saturated rings. The lowest BCUT2D eigenvalue weighted by Crippen LogP contribution is -1.99. The molecule has 0 unspecified atom stereocenters. The van der Waals surface area contributed by atoms with Gasteiger partial charge in [-0.15, -0.1) is 11.6 Å². The molecule has 0 spiro atoms. The molecular formula is C13H8ClF2NO3. The van der Waals surface area contributed by atoms with E-state index in [1.54, 1.807) is 0 Å². The predicted molar refractivity (Wildman–Crippen MR) is 69.1 cm³/mol. The minimum atomic E-state index is -0.913. The Morgan fingerprint density at radius 3 is 2.45 bits per heavy atom. The summed E-state index contributed by atoms with van der Waals surface area (Å²) in [6.07, 6.45) is 0. The molecule has 2 rings (SSSR count). The molecule has 0 bridgehead atoms. The monoisotopic (exact) mass is 299 g/mol. The molecule has 0 aliphatic rings. The van der Waals surface area contributed by atoms with Gasteiger partial charge in [0, 0.05) is 11.6 Å². The lowest BCUT2D eigenvalue weighted by atomic mass is 10.2. The molecule has 0 aromatic heterocycles. The third-order valence-electron chi connectivity index (χ3n) is 2.56. The molecule has 0 saturated heterocycles. The van der Waals surface area contributed by atoms with E-state index in [0.29, 0.717) is 0 Å². The number of ether oxygens (including phenoxy) is 1. The van der Waals surface area contributed by atoms with Crippen LogP contribution in [0.3, 0.4) is 0 Å². The quantitative estimate of drug-likeness (QED) is 0.477. The molecule has 0 heterocycles. The second-order valence-electron chi connectivity index (χ2n) is 3.80. The first-order valence-electron chi connectivity index (χ1n) is 5.48. The smallest absolute Gasteiger partial charge is 0.314 e. The van der Waals surface area contributed by atoms with Crippen LogP contribution in [0.1, 0.15) is 5.56 Å². The molecule has 104 valence electrons. The number of halogens is 3. The Bertz CT molecular complexity index is 664. The van der Waals surface area contributed by atoms with Gasteiger partial charge in [-0.2, -0.15) is 0 Å². The van der Waals surface area contributed by atoms with Gasteiger partial charge in [-0.25, -0.2) is 8.78 Å². The molecule has 20 heavy (non-hydrogen) atoms. The number of nitro groups is 1. The Hall–Kier alpha value is -2.21. The minimum absolute atomic E-state index is 0.00622. The molecule has 2 aromatic carbocycles. The zero-order chi connectivity index (χ0) is 14.7. The summed E-state index contributed by atoms with van der Waals surface area (Å²) in [5.74, 6) is -2.38. The van der Waals surface area contributed by atoms with Crippen LogP contribution < -0.4 is 4.74 Å². The summed E-state index contributed by atoms with van der Waals surface area (Å²) >= 11 is 5.60. The van der Waals surface area contributed by atoms with Gasteiger partial charge in [0.15, 0.2) is 5.82 Å². The van der Waals surface area contributed by atoms with Crippen molar-refractivity contribution in [2.24, 2.45) is 0 Å². The van der Waals surface area contributed by atoms with Gasteiger partial charge in [-0.1, -0.05) is 12.1 Å². The van der Waals surface area contributed by atoms with Gasteiger partial charge >= 0.3 is 5.69 Å². The van der Waals surface area contributed by atoms with E-state index in [-0.39, 0.29) is 17.2 Å². The van der Waals surface area contributed by atoms with E-state index in [9.17, 15) is 18.9 Å². The highest BCUT2D eigenvalue weighted by Crippen LogP contribution is 2.36. The maximum Gasteiger partial charge on any atom is 0.314 e. The van der Waals surface area contributed by atoms with Gasteiger partial charge < -0.3 is 4.74 Å². The second kappa shape index (κ2) is 5.83. The fourth-order valence-corrected chi connectivity index (χ4v) is 1.88. The molecule has 0 atom stereocenters.